The second kappa shape index (κ2) is 17.1. The van der Waals surface area contributed by atoms with E-state index in [0.29, 0.717) is 0 Å². The molecule has 0 N–H and O–H groups in total. The lowest BCUT2D eigenvalue weighted by atomic mass is 9.33. The molecule has 378 valence electrons. The van der Waals surface area contributed by atoms with Crippen molar-refractivity contribution >= 4 is 68.6 Å². The number of rotatable bonds is 5. The molecule has 12 rings (SSSR count). The summed E-state index contributed by atoms with van der Waals surface area (Å²) in [5.74, 6) is 0. The number of fused-ring (bicyclic) bond motifs is 7. The fraction of sp³-hybridized carbons (Fsp3) is 0.324. The predicted octanol–water partition coefficient (Wildman–Crippen LogP) is 17.4. The Hall–Kier alpha value is -6.78. The van der Waals surface area contributed by atoms with Crippen molar-refractivity contribution in [3.05, 3.63) is 209 Å². The van der Waals surface area contributed by atoms with Crippen LogP contribution in [0.2, 0.25) is 0 Å². The molecular weight excluding hydrogens is 906 g/mol. The van der Waals surface area contributed by atoms with Crippen LogP contribution in [0.5, 0.6) is 0 Å². The Labute approximate surface area is 449 Å². The number of nitrogens with zero attached hydrogens (tertiary/aromatic N) is 3. The van der Waals surface area contributed by atoms with Crippen LogP contribution in [0.4, 0.5) is 45.5 Å². The van der Waals surface area contributed by atoms with E-state index in [1.165, 1.54) is 119 Å². The fourth-order valence-electron chi connectivity index (χ4n) is 13.8. The minimum atomic E-state index is -0.191. The maximum absolute atomic E-state index is 2.78. The van der Waals surface area contributed by atoms with Crippen LogP contribution in [0.15, 0.2) is 176 Å². The summed E-state index contributed by atoms with van der Waals surface area (Å²) in [6.07, 6.45) is 4.65. The SMILES string of the molecule is CC(C)(C)c1ccc(N2c3cc(N4c5ccccc5C5(c6ccccc6)CCCCC45C)ccc3B3c4ccc(C(C)(C)C)cc4N(c4ccc(C(C)(C)C)cc4-c4ccccc4)c4cc(C(C)(C)C)cc2c43)cc1. The molecule has 0 saturated heterocycles. The van der Waals surface area contributed by atoms with Crippen molar-refractivity contribution in [2.75, 3.05) is 14.7 Å². The first-order valence-electron chi connectivity index (χ1n) is 27.9. The van der Waals surface area contributed by atoms with Gasteiger partial charge >= 0.3 is 0 Å². The second-order valence-corrected chi connectivity index (χ2v) is 26.8. The first-order chi connectivity index (χ1) is 35.6. The predicted molar refractivity (Wildman–Crippen MR) is 323 cm³/mol. The summed E-state index contributed by atoms with van der Waals surface area (Å²) in [6, 6.07) is 68.9. The first kappa shape index (κ1) is 49.1. The third-order valence-electron chi connectivity index (χ3n) is 18.0. The minimum Gasteiger partial charge on any atom is -0.334 e. The Kier molecular flexibility index (Phi) is 11.2. The first-order valence-corrected chi connectivity index (χ1v) is 27.9. The van der Waals surface area contributed by atoms with E-state index < -0.39 is 0 Å². The molecule has 2 atom stereocenters. The number of benzene rings is 8. The van der Waals surface area contributed by atoms with Crippen LogP contribution in [0.25, 0.3) is 11.1 Å². The lowest BCUT2D eigenvalue weighted by molar-refractivity contribution is 0.215. The van der Waals surface area contributed by atoms with E-state index in [4.69, 9.17) is 0 Å². The zero-order valence-electron chi connectivity index (χ0n) is 47.0. The summed E-state index contributed by atoms with van der Waals surface area (Å²) >= 11 is 0. The van der Waals surface area contributed by atoms with Crippen LogP contribution in [-0.2, 0) is 27.1 Å². The van der Waals surface area contributed by atoms with Gasteiger partial charge in [-0.05, 0) is 157 Å². The van der Waals surface area contributed by atoms with Gasteiger partial charge in [-0.1, -0.05) is 211 Å². The van der Waals surface area contributed by atoms with Crippen LogP contribution in [0.3, 0.4) is 0 Å². The summed E-state index contributed by atoms with van der Waals surface area (Å²) in [5.41, 5.74) is 24.1. The van der Waals surface area contributed by atoms with E-state index in [1.54, 1.807) is 0 Å². The highest BCUT2D eigenvalue weighted by Crippen LogP contribution is 2.64. The zero-order valence-corrected chi connectivity index (χ0v) is 47.0. The van der Waals surface area contributed by atoms with Gasteiger partial charge in [0.25, 0.3) is 6.71 Å². The lowest BCUT2D eigenvalue weighted by Gasteiger charge is -2.52. The van der Waals surface area contributed by atoms with Crippen LogP contribution in [-0.4, -0.2) is 12.3 Å². The molecule has 0 amide bonds. The molecule has 1 saturated carbocycles. The van der Waals surface area contributed by atoms with E-state index in [9.17, 15) is 0 Å². The van der Waals surface area contributed by atoms with E-state index in [0.717, 1.165) is 12.8 Å². The van der Waals surface area contributed by atoms with E-state index in [1.807, 2.05) is 0 Å². The Balaban J connectivity index is 1.17. The number of anilines is 8. The van der Waals surface area contributed by atoms with E-state index in [-0.39, 0.29) is 39.3 Å². The number of hydrogen-bond acceptors (Lipinski definition) is 3. The van der Waals surface area contributed by atoms with Gasteiger partial charge in [0.05, 0.1) is 11.2 Å². The summed E-state index contributed by atoms with van der Waals surface area (Å²) in [4.78, 5) is 8.10. The maximum atomic E-state index is 2.78. The van der Waals surface area contributed by atoms with Gasteiger partial charge in [0, 0.05) is 50.8 Å². The maximum Gasteiger partial charge on any atom is 0.252 e. The van der Waals surface area contributed by atoms with Gasteiger partial charge in [0.1, 0.15) is 0 Å². The van der Waals surface area contributed by atoms with Crippen molar-refractivity contribution in [2.24, 2.45) is 0 Å². The average molecular weight is 982 g/mol. The lowest BCUT2D eigenvalue weighted by Crippen LogP contribution is -2.61. The molecule has 1 fully saturated rings. The topological polar surface area (TPSA) is 9.72 Å². The fourth-order valence-corrected chi connectivity index (χ4v) is 13.8. The van der Waals surface area contributed by atoms with E-state index >= 15 is 0 Å². The Morgan fingerprint density at radius 3 is 1.56 bits per heavy atom. The van der Waals surface area contributed by atoms with Crippen LogP contribution in [0, 0.1) is 0 Å². The monoisotopic (exact) mass is 982 g/mol. The molecule has 4 heteroatoms. The third-order valence-corrected chi connectivity index (χ3v) is 18.0. The zero-order chi connectivity index (χ0) is 52.6. The van der Waals surface area contributed by atoms with Crippen molar-refractivity contribution in [2.45, 2.75) is 148 Å². The highest BCUT2D eigenvalue weighted by atomic mass is 15.3. The van der Waals surface area contributed by atoms with Crippen molar-refractivity contribution < 1.29 is 0 Å². The van der Waals surface area contributed by atoms with Gasteiger partial charge in [-0.15, -0.1) is 0 Å². The molecule has 75 heavy (non-hydrogen) atoms. The molecule has 0 aromatic heterocycles. The quantitative estimate of drug-likeness (QED) is 0.159. The van der Waals surface area contributed by atoms with Crippen molar-refractivity contribution in [1.29, 1.82) is 0 Å². The third kappa shape index (κ3) is 7.66. The normalized spacial score (nSPS) is 19.1. The van der Waals surface area contributed by atoms with E-state index in [2.05, 4.69) is 281 Å². The minimum absolute atomic E-state index is 0.0148. The Morgan fingerprint density at radius 2 is 0.907 bits per heavy atom. The van der Waals surface area contributed by atoms with Crippen LogP contribution >= 0.6 is 0 Å². The Morgan fingerprint density at radius 1 is 0.400 bits per heavy atom. The molecule has 0 spiro atoms. The summed E-state index contributed by atoms with van der Waals surface area (Å²) in [7, 11) is 0. The molecule has 2 unspecified atom stereocenters. The molecule has 8 aromatic rings. The Bertz CT molecular complexity index is 3510. The van der Waals surface area contributed by atoms with Gasteiger partial charge < -0.3 is 14.7 Å². The molecule has 1 aliphatic carbocycles. The van der Waals surface area contributed by atoms with Gasteiger partial charge in [0.15, 0.2) is 0 Å². The molecule has 4 aliphatic rings. The highest BCUT2D eigenvalue weighted by Gasteiger charge is 2.61. The molecule has 3 nitrogen and oxygen atoms in total. The van der Waals surface area contributed by atoms with Crippen molar-refractivity contribution in [3.63, 3.8) is 0 Å². The van der Waals surface area contributed by atoms with Gasteiger partial charge in [-0.2, -0.15) is 0 Å². The van der Waals surface area contributed by atoms with Crippen LogP contribution < -0.4 is 31.1 Å². The van der Waals surface area contributed by atoms with Crippen molar-refractivity contribution in [1.82, 2.24) is 0 Å². The molecular formula is C71H76BN3. The molecule has 3 aliphatic heterocycles. The standard InChI is InChI=1S/C71H76BN3/c1-66(2,3)48-30-34-53(35-31-48)73-62-46-54(75-60-29-21-20-28-56(60)71(49-26-18-15-19-27-49)41-23-22-40-70(71,75)13)36-38-58(62)72-57-37-32-51(68(7,8)9)43-61(57)74(64-45-52(69(10,11)12)44-63(73)65(64)72)59-39-33-50(67(4,5)6)42-55(59)47-24-16-14-17-25-47/h14-21,24-39,42-46H,22-23,40-41H2,1-13H3. The molecule has 8 aromatic carbocycles. The molecule has 3 heterocycles. The summed E-state index contributed by atoms with van der Waals surface area (Å²) in [6.45, 7) is 30.7. The van der Waals surface area contributed by atoms with Gasteiger partial charge in [0.2, 0.25) is 0 Å². The highest BCUT2D eigenvalue weighted by molar-refractivity contribution is 7.00. The molecule has 0 radical (unpaired) electrons. The van der Waals surface area contributed by atoms with Crippen LogP contribution in [0.1, 0.15) is 149 Å². The molecule has 0 bridgehead atoms. The smallest absolute Gasteiger partial charge is 0.252 e. The van der Waals surface area contributed by atoms with Gasteiger partial charge in [-0.25, -0.2) is 0 Å². The summed E-state index contributed by atoms with van der Waals surface area (Å²) < 4.78 is 0. The van der Waals surface area contributed by atoms with Crippen molar-refractivity contribution in [3.8, 4) is 11.1 Å². The second-order valence-electron chi connectivity index (χ2n) is 26.8. The largest absolute Gasteiger partial charge is 0.334 e. The summed E-state index contributed by atoms with van der Waals surface area (Å²) in [5, 5.41) is 0. The number of para-hydroxylation sites is 1. The van der Waals surface area contributed by atoms with Gasteiger partial charge in [-0.3, -0.25) is 0 Å². The average Bonchev–Trinajstić information content (AvgIpc) is 3.72. The number of hydrogen-bond donors (Lipinski definition) is 0.